The summed E-state index contributed by atoms with van der Waals surface area (Å²) < 4.78 is 5.39. The number of methoxy groups -OCH3 is 1. The average Bonchev–Trinajstić information content (AvgIpc) is 2.65. The van der Waals surface area contributed by atoms with Gasteiger partial charge in [0.2, 0.25) is 0 Å². The lowest BCUT2D eigenvalue weighted by Gasteiger charge is -2.38. The van der Waals surface area contributed by atoms with Crippen LogP contribution in [0.5, 0.6) is 5.75 Å². The van der Waals surface area contributed by atoms with Gasteiger partial charge in [0.1, 0.15) is 11.6 Å². The Balaban J connectivity index is 1.96. The van der Waals surface area contributed by atoms with Crippen LogP contribution in [0, 0.1) is 5.41 Å². The Morgan fingerprint density at radius 2 is 2.07 bits per heavy atom. The van der Waals surface area contributed by atoms with E-state index in [-0.39, 0.29) is 16.8 Å². The van der Waals surface area contributed by atoms with Crippen LogP contribution in [0.3, 0.4) is 0 Å². The lowest BCUT2D eigenvalue weighted by Crippen LogP contribution is -2.37. The number of Topliss-reactive ketones (excluding diaryl/α,β-unsaturated/α-hetero) is 1. The number of benzene rings is 1. The molecule has 2 heterocycles. The standard InChI is InChI=1S/C22H25N3O3S/c1-5-29-21-24-19-18(20(27)25-21)16(12-7-6-8-13(9-12)28-4)17-14(23-19)10-22(2,3)11-15(17)26/h6-9,16H,5,10-11H2,1-4H3,(H2,23,24,25,27)/t16-/m0/s1. The van der Waals surface area contributed by atoms with Crippen molar-refractivity contribution in [3.8, 4) is 5.75 Å². The molecule has 29 heavy (non-hydrogen) atoms. The van der Waals surface area contributed by atoms with Crippen LogP contribution >= 0.6 is 11.8 Å². The van der Waals surface area contributed by atoms with Gasteiger partial charge in [-0.25, -0.2) is 4.98 Å². The Kier molecular flexibility index (Phi) is 5.02. The predicted molar refractivity (Wildman–Crippen MR) is 115 cm³/mol. The molecule has 2 N–H and O–H groups in total. The minimum atomic E-state index is -0.461. The predicted octanol–water partition coefficient (Wildman–Crippen LogP) is 4.09. The number of ether oxygens (including phenoxy) is 1. The Morgan fingerprint density at radius 3 is 2.79 bits per heavy atom. The van der Waals surface area contributed by atoms with Gasteiger partial charge in [-0.3, -0.25) is 9.59 Å². The summed E-state index contributed by atoms with van der Waals surface area (Å²) in [4.78, 5) is 33.8. The second kappa shape index (κ2) is 7.37. The van der Waals surface area contributed by atoms with Crippen molar-refractivity contribution in [2.24, 2.45) is 5.41 Å². The van der Waals surface area contributed by atoms with Crippen LogP contribution in [0.4, 0.5) is 5.82 Å². The fourth-order valence-electron chi connectivity index (χ4n) is 4.25. The van der Waals surface area contributed by atoms with Crippen molar-refractivity contribution in [1.82, 2.24) is 9.97 Å². The quantitative estimate of drug-likeness (QED) is 0.582. The van der Waals surface area contributed by atoms with E-state index in [4.69, 9.17) is 4.74 Å². The number of anilines is 1. The average molecular weight is 412 g/mol. The highest BCUT2D eigenvalue weighted by molar-refractivity contribution is 7.99. The van der Waals surface area contributed by atoms with E-state index in [1.807, 2.05) is 31.2 Å². The second-order valence-electron chi connectivity index (χ2n) is 8.23. The highest BCUT2D eigenvalue weighted by Gasteiger charge is 2.42. The molecule has 7 heteroatoms. The van der Waals surface area contributed by atoms with Gasteiger partial charge in [-0.15, -0.1) is 0 Å². The van der Waals surface area contributed by atoms with Crippen molar-refractivity contribution < 1.29 is 9.53 Å². The number of nitrogens with zero attached hydrogens (tertiary/aromatic N) is 1. The van der Waals surface area contributed by atoms with Gasteiger partial charge >= 0.3 is 0 Å². The molecule has 6 nitrogen and oxygen atoms in total. The fraction of sp³-hybridized carbons (Fsp3) is 0.409. The smallest absolute Gasteiger partial charge is 0.257 e. The molecule has 1 aliphatic carbocycles. The molecule has 0 saturated heterocycles. The number of aromatic amines is 1. The van der Waals surface area contributed by atoms with Crippen LogP contribution < -0.4 is 15.6 Å². The topological polar surface area (TPSA) is 84.1 Å². The van der Waals surface area contributed by atoms with Crippen molar-refractivity contribution in [3.63, 3.8) is 0 Å². The molecule has 2 aromatic rings. The molecule has 0 amide bonds. The molecular weight excluding hydrogens is 386 g/mol. The van der Waals surface area contributed by atoms with Crippen molar-refractivity contribution in [3.05, 3.63) is 57.0 Å². The Morgan fingerprint density at radius 1 is 1.28 bits per heavy atom. The third-order valence-corrected chi connectivity index (χ3v) is 6.16. The first-order chi connectivity index (χ1) is 13.8. The Labute approximate surface area is 174 Å². The molecular formula is C22H25N3O3S. The summed E-state index contributed by atoms with van der Waals surface area (Å²) in [5, 5.41) is 3.92. The number of carbonyl (C=O) groups excluding carboxylic acids is 1. The highest BCUT2D eigenvalue weighted by atomic mass is 32.2. The van der Waals surface area contributed by atoms with Gasteiger partial charge in [0.25, 0.3) is 5.56 Å². The second-order valence-corrected chi connectivity index (χ2v) is 9.49. The number of nitrogens with one attached hydrogen (secondary N) is 2. The van der Waals surface area contributed by atoms with Crippen LogP contribution in [0.15, 0.2) is 45.5 Å². The fourth-order valence-corrected chi connectivity index (χ4v) is 4.85. The lowest BCUT2D eigenvalue weighted by atomic mass is 9.69. The maximum Gasteiger partial charge on any atom is 0.257 e. The van der Waals surface area contributed by atoms with Gasteiger partial charge in [-0.1, -0.05) is 44.7 Å². The van der Waals surface area contributed by atoms with Crippen LogP contribution in [-0.4, -0.2) is 28.6 Å². The molecule has 4 rings (SSSR count). The molecule has 0 spiro atoms. The number of carbonyl (C=O) groups is 1. The van der Waals surface area contributed by atoms with Gasteiger partial charge in [-0.05, 0) is 35.3 Å². The van der Waals surface area contributed by atoms with Gasteiger partial charge < -0.3 is 15.0 Å². The maximum atomic E-state index is 13.2. The monoisotopic (exact) mass is 411 g/mol. The molecule has 2 aliphatic rings. The van der Waals surface area contributed by atoms with Crippen LogP contribution in [0.25, 0.3) is 0 Å². The molecule has 0 bridgehead atoms. The minimum absolute atomic E-state index is 0.0774. The number of fused-ring (bicyclic) bond motifs is 1. The third-order valence-electron chi connectivity index (χ3n) is 5.41. The van der Waals surface area contributed by atoms with Crippen molar-refractivity contribution >= 4 is 23.4 Å². The largest absolute Gasteiger partial charge is 0.497 e. The summed E-state index contributed by atoms with van der Waals surface area (Å²) >= 11 is 1.49. The Bertz CT molecular complexity index is 1070. The van der Waals surface area contributed by atoms with Gasteiger partial charge in [0.15, 0.2) is 10.9 Å². The first-order valence-electron chi connectivity index (χ1n) is 9.77. The van der Waals surface area contributed by atoms with E-state index >= 15 is 0 Å². The molecule has 1 aromatic heterocycles. The van der Waals surface area contributed by atoms with E-state index in [2.05, 4.69) is 29.1 Å². The molecule has 152 valence electrons. The summed E-state index contributed by atoms with van der Waals surface area (Å²) in [7, 11) is 1.61. The normalized spacial score (nSPS) is 20.0. The number of aromatic nitrogens is 2. The first kappa shape index (κ1) is 19.8. The summed E-state index contributed by atoms with van der Waals surface area (Å²) in [6.45, 7) is 6.20. The molecule has 0 saturated carbocycles. The highest BCUT2D eigenvalue weighted by Crippen LogP contribution is 2.47. The van der Waals surface area contributed by atoms with Gasteiger partial charge in [-0.2, -0.15) is 0 Å². The zero-order valence-corrected chi connectivity index (χ0v) is 17.9. The van der Waals surface area contributed by atoms with Crippen LogP contribution in [0.2, 0.25) is 0 Å². The van der Waals surface area contributed by atoms with Crippen LogP contribution in [-0.2, 0) is 4.79 Å². The van der Waals surface area contributed by atoms with E-state index in [1.165, 1.54) is 11.8 Å². The SMILES string of the molecule is CCSc1nc2c(c(=O)[nH]1)[C@@H](c1cccc(OC)c1)C1=C(CC(C)(C)CC1=O)N2. The number of H-pyrrole nitrogens is 1. The number of hydrogen-bond donors (Lipinski definition) is 2. The minimum Gasteiger partial charge on any atom is -0.497 e. The number of thioether (sulfide) groups is 1. The van der Waals surface area contributed by atoms with E-state index in [0.29, 0.717) is 34.3 Å². The Hall–Kier alpha value is -2.54. The van der Waals surface area contributed by atoms with E-state index < -0.39 is 5.92 Å². The summed E-state index contributed by atoms with van der Waals surface area (Å²) in [6, 6.07) is 7.58. The molecule has 0 unspecified atom stereocenters. The van der Waals surface area contributed by atoms with E-state index in [1.54, 1.807) is 7.11 Å². The zero-order chi connectivity index (χ0) is 20.8. The number of ketones is 1. The summed E-state index contributed by atoms with van der Waals surface area (Å²) in [5.41, 5.74) is 2.55. The van der Waals surface area contributed by atoms with Crippen molar-refractivity contribution in [1.29, 1.82) is 0 Å². The molecule has 0 radical (unpaired) electrons. The maximum absolute atomic E-state index is 13.2. The first-order valence-corrected chi connectivity index (χ1v) is 10.8. The lowest BCUT2D eigenvalue weighted by molar-refractivity contribution is -0.118. The zero-order valence-electron chi connectivity index (χ0n) is 17.1. The number of hydrogen-bond acceptors (Lipinski definition) is 6. The molecule has 1 atom stereocenters. The van der Waals surface area contributed by atoms with Gasteiger partial charge in [0, 0.05) is 23.6 Å². The number of allylic oxidation sites excluding steroid dienone is 2. The third kappa shape index (κ3) is 3.59. The van der Waals surface area contributed by atoms with E-state index in [9.17, 15) is 9.59 Å². The molecule has 1 aliphatic heterocycles. The van der Waals surface area contributed by atoms with Crippen molar-refractivity contribution in [2.45, 2.75) is 44.7 Å². The summed E-state index contributed by atoms with van der Waals surface area (Å²) in [6.07, 6.45) is 1.19. The van der Waals surface area contributed by atoms with E-state index in [0.717, 1.165) is 23.4 Å². The number of rotatable bonds is 4. The van der Waals surface area contributed by atoms with Crippen molar-refractivity contribution in [2.75, 3.05) is 18.2 Å². The molecule has 1 aromatic carbocycles. The van der Waals surface area contributed by atoms with Gasteiger partial charge in [0.05, 0.1) is 12.7 Å². The molecule has 0 fully saturated rings. The van der Waals surface area contributed by atoms with Crippen LogP contribution in [0.1, 0.15) is 50.7 Å². The summed E-state index contributed by atoms with van der Waals surface area (Å²) in [5.74, 6) is 1.66.